The molecule has 1 aromatic carbocycles. The fourth-order valence-corrected chi connectivity index (χ4v) is 2.05. The van der Waals surface area contributed by atoms with Gasteiger partial charge in [-0.3, -0.25) is 0 Å². The predicted molar refractivity (Wildman–Crippen MR) is 62.1 cm³/mol. The van der Waals surface area contributed by atoms with E-state index in [1.54, 1.807) is 12.1 Å². The average molecular weight is 236 g/mol. The van der Waals surface area contributed by atoms with Crippen molar-refractivity contribution in [1.29, 1.82) is 0 Å². The van der Waals surface area contributed by atoms with Crippen LogP contribution in [0.4, 0.5) is 0 Å². The van der Waals surface area contributed by atoms with Crippen molar-refractivity contribution in [1.82, 2.24) is 0 Å². The Morgan fingerprint density at radius 3 is 2.65 bits per heavy atom. The average Bonchev–Trinajstić information content (AvgIpc) is 2.32. The number of hydrogen-bond donors (Lipinski definition) is 1. The Morgan fingerprint density at radius 2 is 2.18 bits per heavy atom. The van der Waals surface area contributed by atoms with E-state index >= 15 is 0 Å². The molecule has 1 fully saturated rings. The molecular weight excluding hydrogens is 220 g/mol. The lowest BCUT2D eigenvalue weighted by Gasteiger charge is -2.44. The number of carbonyl (C=O) groups is 1. The molecule has 2 rings (SSSR count). The molecular formula is C13H16O4. The van der Waals surface area contributed by atoms with E-state index in [0.29, 0.717) is 18.8 Å². The third-order valence-corrected chi connectivity index (χ3v) is 3.07. The number of ether oxygens (including phenoxy) is 2. The van der Waals surface area contributed by atoms with Crippen LogP contribution in [0.3, 0.4) is 0 Å². The maximum Gasteiger partial charge on any atom is 0.350 e. The molecule has 0 aromatic heterocycles. The number of carboxylic acids is 1. The van der Waals surface area contributed by atoms with Gasteiger partial charge in [-0.2, -0.15) is 0 Å². The van der Waals surface area contributed by atoms with Crippen LogP contribution in [0, 0.1) is 0 Å². The van der Waals surface area contributed by atoms with Crippen LogP contribution >= 0.6 is 0 Å². The summed E-state index contributed by atoms with van der Waals surface area (Å²) in [7, 11) is 0. The second kappa shape index (κ2) is 4.75. The van der Waals surface area contributed by atoms with Crippen molar-refractivity contribution in [3.8, 4) is 5.75 Å². The first-order valence-electron chi connectivity index (χ1n) is 5.78. The highest BCUT2D eigenvalue weighted by molar-refractivity contribution is 5.80. The number of para-hydroxylation sites is 1. The van der Waals surface area contributed by atoms with E-state index in [2.05, 4.69) is 0 Å². The number of carboxylic acid groups (broad SMARTS) is 1. The molecule has 17 heavy (non-hydrogen) atoms. The second-order valence-corrected chi connectivity index (χ2v) is 4.09. The topological polar surface area (TPSA) is 55.8 Å². The summed E-state index contributed by atoms with van der Waals surface area (Å²) in [6, 6.07) is 9.01. The molecule has 0 saturated heterocycles. The molecule has 2 unspecified atom stereocenters. The van der Waals surface area contributed by atoms with Gasteiger partial charge in [0.2, 0.25) is 5.60 Å². The summed E-state index contributed by atoms with van der Waals surface area (Å²) >= 11 is 0. The Hall–Kier alpha value is -1.55. The molecule has 0 heterocycles. The first-order chi connectivity index (χ1) is 8.19. The number of rotatable bonds is 5. The van der Waals surface area contributed by atoms with E-state index in [9.17, 15) is 9.90 Å². The monoisotopic (exact) mass is 236 g/mol. The molecule has 0 radical (unpaired) electrons. The van der Waals surface area contributed by atoms with E-state index in [-0.39, 0.29) is 6.10 Å². The fourth-order valence-electron chi connectivity index (χ4n) is 2.05. The smallest absolute Gasteiger partial charge is 0.350 e. The molecule has 1 aliphatic rings. The predicted octanol–water partition coefficient (Wildman–Crippen LogP) is 2.09. The number of aliphatic carboxylic acids is 1. The lowest BCUT2D eigenvalue weighted by molar-refractivity contribution is -0.193. The zero-order valence-electron chi connectivity index (χ0n) is 9.76. The Morgan fingerprint density at radius 1 is 1.47 bits per heavy atom. The van der Waals surface area contributed by atoms with E-state index in [1.165, 1.54) is 0 Å². The van der Waals surface area contributed by atoms with Crippen molar-refractivity contribution in [2.45, 2.75) is 31.5 Å². The molecule has 1 saturated carbocycles. The van der Waals surface area contributed by atoms with Crippen molar-refractivity contribution in [3.63, 3.8) is 0 Å². The molecule has 1 N–H and O–H groups in total. The van der Waals surface area contributed by atoms with Crippen LogP contribution < -0.4 is 4.74 Å². The van der Waals surface area contributed by atoms with Crippen molar-refractivity contribution in [2.24, 2.45) is 0 Å². The van der Waals surface area contributed by atoms with Gasteiger partial charge in [0.05, 0.1) is 0 Å². The normalized spacial score (nSPS) is 27.2. The van der Waals surface area contributed by atoms with Gasteiger partial charge in [0.15, 0.2) is 0 Å². The van der Waals surface area contributed by atoms with Gasteiger partial charge in [-0.1, -0.05) is 18.2 Å². The molecule has 4 nitrogen and oxygen atoms in total. The van der Waals surface area contributed by atoms with Gasteiger partial charge in [-0.05, 0) is 25.5 Å². The quantitative estimate of drug-likeness (QED) is 0.850. The van der Waals surface area contributed by atoms with Crippen LogP contribution in [0.15, 0.2) is 30.3 Å². The van der Waals surface area contributed by atoms with Gasteiger partial charge in [-0.15, -0.1) is 0 Å². The standard InChI is InChI=1S/C13H16O4/c1-2-16-11-8-9-13(11,12(14)15)17-10-6-4-3-5-7-10/h3-7,11H,2,8-9H2,1H3,(H,14,15). The van der Waals surface area contributed by atoms with Crippen molar-refractivity contribution < 1.29 is 19.4 Å². The summed E-state index contributed by atoms with van der Waals surface area (Å²) < 4.78 is 11.1. The first kappa shape index (κ1) is 11.9. The van der Waals surface area contributed by atoms with Gasteiger partial charge in [-0.25, -0.2) is 4.79 Å². The van der Waals surface area contributed by atoms with Gasteiger partial charge in [0.25, 0.3) is 0 Å². The van der Waals surface area contributed by atoms with Crippen molar-refractivity contribution in [3.05, 3.63) is 30.3 Å². The molecule has 2 atom stereocenters. The van der Waals surface area contributed by atoms with E-state index < -0.39 is 11.6 Å². The number of hydrogen-bond acceptors (Lipinski definition) is 3. The van der Waals surface area contributed by atoms with Crippen LogP contribution in [0.2, 0.25) is 0 Å². The number of benzene rings is 1. The summed E-state index contributed by atoms with van der Waals surface area (Å²) in [6.07, 6.45) is 0.861. The minimum atomic E-state index is -1.21. The maximum atomic E-state index is 11.4. The lowest BCUT2D eigenvalue weighted by Crippen LogP contribution is -2.62. The minimum Gasteiger partial charge on any atom is -0.478 e. The lowest BCUT2D eigenvalue weighted by atomic mass is 9.76. The van der Waals surface area contributed by atoms with Crippen LogP contribution in [0.1, 0.15) is 19.8 Å². The summed E-state index contributed by atoms with van der Waals surface area (Å²) in [5.74, 6) is -0.384. The van der Waals surface area contributed by atoms with Crippen LogP contribution in [-0.4, -0.2) is 29.4 Å². The zero-order valence-corrected chi connectivity index (χ0v) is 9.76. The molecule has 0 bridgehead atoms. The fraction of sp³-hybridized carbons (Fsp3) is 0.462. The molecule has 92 valence electrons. The highest BCUT2D eigenvalue weighted by Gasteiger charge is 2.56. The maximum absolute atomic E-state index is 11.4. The Labute approximate surface area is 100 Å². The highest BCUT2D eigenvalue weighted by atomic mass is 16.6. The summed E-state index contributed by atoms with van der Waals surface area (Å²) in [4.78, 5) is 11.4. The third-order valence-electron chi connectivity index (χ3n) is 3.07. The summed E-state index contributed by atoms with van der Waals surface area (Å²) in [5.41, 5.74) is -1.21. The zero-order chi connectivity index (χ0) is 12.3. The van der Waals surface area contributed by atoms with Crippen LogP contribution in [-0.2, 0) is 9.53 Å². The van der Waals surface area contributed by atoms with Crippen molar-refractivity contribution >= 4 is 5.97 Å². The van der Waals surface area contributed by atoms with Gasteiger partial charge < -0.3 is 14.6 Å². The van der Waals surface area contributed by atoms with Crippen LogP contribution in [0.25, 0.3) is 0 Å². The van der Waals surface area contributed by atoms with Crippen molar-refractivity contribution in [2.75, 3.05) is 6.61 Å². The SMILES string of the molecule is CCOC1CCC1(Oc1ccccc1)C(=O)O. The Kier molecular flexibility index (Phi) is 3.33. The minimum absolute atomic E-state index is 0.356. The molecule has 0 aliphatic heterocycles. The molecule has 0 amide bonds. The molecule has 1 aromatic rings. The van der Waals surface area contributed by atoms with Gasteiger partial charge in [0, 0.05) is 13.0 Å². The first-order valence-corrected chi connectivity index (χ1v) is 5.78. The van der Waals surface area contributed by atoms with Gasteiger partial charge >= 0.3 is 5.97 Å². The second-order valence-electron chi connectivity index (χ2n) is 4.09. The highest BCUT2D eigenvalue weighted by Crippen LogP contribution is 2.39. The molecule has 0 spiro atoms. The summed E-state index contributed by atoms with van der Waals surface area (Å²) in [5, 5.41) is 9.34. The van der Waals surface area contributed by atoms with E-state index in [1.807, 2.05) is 25.1 Å². The Balaban J connectivity index is 2.16. The third kappa shape index (κ3) is 2.13. The largest absolute Gasteiger partial charge is 0.478 e. The van der Waals surface area contributed by atoms with Gasteiger partial charge in [0.1, 0.15) is 11.9 Å². The van der Waals surface area contributed by atoms with E-state index in [4.69, 9.17) is 9.47 Å². The molecule has 1 aliphatic carbocycles. The van der Waals surface area contributed by atoms with E-state index in [0.717, 1.165) is 6.42 Å². The molecule has 4 heteroatoms. The summed E-state index contributed by atoms with van der Waals surface area (Å²) in [6.45, 7) is 2.35. The Bertz CT molecular complexity index is 390. The van der Waals surface area contributed by atoms with Crippen LogP contribution in [0.5, 0.6) is 5.75 Å².